The van der Waals surface area contributed by atoms with Crippen molar-refractivity contribution in [3.05, 3.63) is 24.3 Å². The van der Waals surface area contributed by atoms with Crippen LogP contribution in [0.3, 0.4) is 0 Å². The molecule has 0 bridgehead atoms. The molecule has 43 heavy (non-hydrogen) atoms. The number of unbranched alkanes of at least 4 members (excludes halogenated alkanes) is 10. The Labute approximate surface area is 266 Å². The van der Waals surface area contributed by atoms with Gasteiger partial charge in [-0.05, 0) is 89.2 Å². The molecule has 0 aromatic rings. The van der Waals surface area contributed by atoms with Crippen molar-refractivity contribution in [2.24, 2.45) is 0 Å². The lowest BCUT2D eigenvalue weighted by Crippen LogP contribution is -2.22. The van der Waals surface area contributed by atoms with Gasteiger partial charge in [0.25, 0.3) is 0 Å². The normalized spacial score (nSPS) is 13.8. The molecule has 0 aliphatic carbocycles. The van der Waals surface area contributed by atoms with Crippen molar-refractivity contribution >= 4 is 0 Å². The van der Waals surface area contributed by atoms with E-state index >= 15 is 0 Å². The van der Waals surface area contributed by atoms with Gasteiger partial charge in [-0.2, -0.15) is 0 Å². The Kier molecular flexibility index (Phi) is 33.4. The van der Waals surface area contributed by atoms with Crippen LogP contribution in [0.15, 0.2) is 24.3 Å². The third kappa shape index (κ3) is 28.4. The summed E-state index contributed by atoms with van der Waals surface area (Å²) in [5.74, 6) is 0. The Morgan fingerprint density at radius 2 is 0.767 bits per heavy atom. The standard InChI is InChI=1S/C36H70O7/c1-7-29-39-35(40-30-8-2)27-23-19-15-11-13-17-21-25-33(37-5)43-34(38-6)26-22-18-14-12-16-20-24-28-36(41-31-9-3)42-32-10-4/h21-22,25-26,33-36H,7-20,23-24,27-32H2,1-6H3. The van der Waals surface area contributed by atoms with Gasteiger partial charge < -0.3 is 33.2 Å². The van der Waals surface area contributed by atoms with E-state index in [-0.39, 0.29) is 12.6 Å². The minimum atomic E-state index is -0.413. The maximum atomic E-state index is 5.96. The van der Waals surface area contributed by atoms with Crippen molar-refractivity contribution in [1.29, 1.82) is 0 Å². The molecule has 2 unspecified atom stereocenters. The van der Waals surface area contributed by atoms with Gasteiger partial charge in [0.05, 0.1) is 0 Å². The van der Waals surface area contributed by atoms with E-state index in [2.05, 4.69) is 39.8 Å². The fraction of sp³-hybridized carbons (Fsp3) is 0.889. The van der Waals surface area contributed by atoms with Gasteiger partial charge in [-0.3, -0.25) is 0 Å². The average Bonchev–Trinajstić information content (AvgIpc) is 3.03. The Morgan fingerprint density at radius 3 is 1.09 bits per heavy atom. The molecular formula is C36H70O7. The molecule has 0 saturated heterocycles. The van der Waals surface area contributed by atoms with Crippen LogP contribution in [0.1, 0.15) is 143 Å². The molecule has 2 atom stereocenters. The molecule has 0 N–H and O–H groups in total. The fourth-order valence-corrected chi connectivity index (χ4v) is 4.54. The van der Waals surface area contributed by atoms with Gasteiger partial charge in [0, 0.05) is 40.6 Å². The largest absolute Gasteiger partial charge is 0.353 e. The summed E-state index contributed by atoms with van der Waals surface area (Å²) < 4.78 is 40.2. The predicted molar refractivity (Wildman–Crippen MR) is 178 cm³/mol. The van der Waals surface area contributed by atoms with E-state index in [1.165, 1.54) is 51.4 Å². The first-order valence-corrected chi connectivity index (χ1v) is 17.7. The fourth-order valence-electron chi connectivity index (χ4n) is 4.54. The van der Waals surface area contributed by atoms with Crippen molar-refractivity contribution < 1.29 is 33.2 Å². The van der Waals surface area contributed by atoms with Crippen LogP contribution in [0.2, 0.25) is 0 Å². The van der Waals surface area contributed by atoms with E-state index < -0.39 is 12.6 Å². The maximum absolute atomic E-state index is 5.96. The van der Waals surface area contributed by atoms with Gasteiger partial charge in [0.15, 0.2) is 25.2 Å². The minimum absolute atomic E-state index is 0.0321. The summed E-state index contributed by atoms with van der Waals surface area (Å²) in [6, 6.07) is 0. The molecule has 0 saturated carbocycles. The van der Waals surface area contributed by atoms with Crippen LogP contribution >= 0.6 is 0 Å². The third-order valence-electron chi connectivity index (χ3n) is 6.97. The predicted octanol–water partition coefficient (Wildman–Crippen LogP) is 9.88. The van der Waals surface area contributed by atoms with Crippen LogP contribution in [0.25, 0.3) is 0 Å². The summed E-state index contributed by atoms with van der Waals surface area (Å²) in [7, 11) is 3.34. The van der Waals surface area contributed by atoms with Crippen molar-refractivity contribution in [3.8, 4) is 0 Å². The molecule has 0 aliphatic rings. The van der Waals surface area contributed by atoms with Crippen LogP contribution in [0, 0.1) is 0 Å². The molecule has 0 aromatic carbocycles. The lowest BCUT2D eigenvalue weighted by molar-refractivity contribution is -0.188. The second-order valence-corrected chi connectivity index (χ2v) is 11.2. The Bertz CT molecular complexity index is 532. The molecule has 0 fully saturated rings. The highest BCUT2D eigenvalue weighted by atomic mass is 16.8. The van der Waals surface area contributed by atoms with E-state index in [9.17, 15) is 0 Å². The first-order valence-electron chi connectivity index (χ1n) is 17.7. The molecule has 0 aliphatic heterocycles. The van der Waals surface area contributed by atoms with Gasteiger partial charge in [-0.15, -0.1) is 0 Å². The minimum Gasteiger partial charge on any atom is -0.353 e. The zero-order chi connectivity index (χ0) is 31.6. The van der Waals surface area contributed by atoms with Crippen molar-refractivity contribution in [1.82, 2.24) is 0 Å². The van der Waals surface area contributed by atoms with Crippen LogP contribution < -0.4 is 0 Å². The van der Waals surface area contributed by atoms with Gasteiger partial charge in [-0.25, -0.2) is 0 Å². The number of ether oxygens (including phenoxy) is 7. The number of hydrogen-bond acceptors (Lipinski definition) is 7. The summed E-state index contributed by atoms with van der Waals surface area (Å²) in [4.78, 5) is 0. The van der Waals surface area contributed by atoms with Crippen LogP contribution in [-0.2, 0) is 33.2 Å². The maximum Gasteiger partial charge on any atom is 0.179 e. The second-order valence-electron chi connectivity index (χ2n) is 11.2. The quantitative estimate of drug-likeness (QED) is 0.0406. The average molecular weight is 615 g/mol. The smallest absolute Gasteiger partial charge is 0.179 e. The SMILES string of the molecule is CCCOC(CCCCCCCC=CC(OC)OC(C=CCCCCCCCC(OCCC)OCCC)OC)OCCC. The van der Waals surface area contributed by atoms with E-state index in [1.807, 2.05) is 12.2 Å². The van der Waals surface area contributed by atoms with Gasteiger partial charge in [0.2, 0.25) is 0 Å². The zero-order valence-corrected chi connectivity index (χ0v) is 29.0. The number of rotatable bonds is 34. The van der Waals surface area contributed by atoms with E-state index in [0.717, 1.165) is 90.6 Å². The molecule has 256 valence electrons. The van der Waals surface area contributed by atoms with Crippen molar-refractivity contribution in [2.45, 2.75) is 168 Å². The van der Waals surface area contributed by atoms with Crippen LogP contribution in [0.4, 0.5) is 0 Å². The number of methoxy groups -OCH3 is 2. The Morgan fingerprint density at radius 1 is 0.442 bits per heavy atom. The summed E-state index contributed by atoms with van der Waals surface area (Å²) in [5, 5.41) is 0. The van der Waals surface area contributed by atoms with Crippen LogP contribution in [0.5, 0.6) is 0 Å². The lowest BCUT2D eigenvalue weighted by atomic mass is 10.1. The van der Waals surface area contributed by atoms with Gasteiger partial charge in [-0.1, -0.05) is 78.4 Å². The van der Waals surface area contributed by atoms with Crippen molar-refractivity contribution in [3.63, 3.8) is 0 Å². The van der Waals surface area contributed by atoms with E-state index in [4.69, 9.17) is 33.2 Å². The van der Waals surface area contributed by atoms with E-state index in [1.54, 1.807) is 14.2 Å². The summed E-state index contributed by atoms with van der Waals surface area (Å²) in [6.07, 6.45) is 27.6. The summed E-state index contributed by atoms with van der Waals surface area (Å²) in [5.41, 5.74) is 0. The van der Waals surface area contributed by atoms with Gasteiger partial charge in [0.1, 0.15) is 0 Å². The van der Waals surface area contributed by atoms with Crippen LogP contribution in [-0.4, -0.2) is 65.8 Å². The molecule has 7 nitrogen and oxygen atoms in total. The highest BCUT2D eigenvalue weighted by Crippen LogP contribution is 2.15. The highest BCUT2D eigenvalue weighted by molar-refractivity contribution is 4.89. The molecule has 0 rings (SSSR count). The molecule has 0 radical (unpaired) electrons. The monoisotopic (exact) mass is 615 g/mol. The lowest BCUT2D eigenvalue weighted by Gasteiger charge is -2.18. The molecule has 0 amide bonds. The zero-order valence-electron chi connectivity index (χ0n) is 29.0. The number of allylic oxidation sites excluding steroid dienone is 2. The summed E-state index contributed by atoms with van der Waals surface area (Å²) in [6.45, 7) is 11.7. The topological polar surface area (TPSA) is 64.6 Å². The molecule has 0 spiro atoms. The molecule has 0 aromatic heterocycles. The Balaban J connectivity index is 3.99. The highest BCUT2D eigenvalue weighted by Gasteiger charge is 2.11. The van der Waals surface area contributed by atoms with Crippen molar-refractivity contribution in [2.75, 3.05) is 40.6 Å². The van der Waals surface area contributed by atoms with Gasteiger partial charge >= 0.3 is 0 Å². The molecule has 7 heteroatoms. The third-order valence-corrected chi connectivity index (χ3v) is 6.97. The second kappa shape index (κ2) is 34.1. The molecular weight excluding hydrogens is 544 g/mol. The first-order chi connectivity index (χ1) is 21.1. The number of hydrogen-bond donors (Lipinski definition) is 0. The summed E-state index contributed by atoms with van der Waals surface area (Å²) >= 11 is 0. The Hall–Kier alpha value is -0.800. The van der Waals surface area contributed by atoms with E-state index in [0.29, 0.717) is 0 Å². The first kappa shape index (κ1) is 42.2. The molecule has 0 heterocycles.